The van der Waals surface area contributed by atoms with E-state index < -0.39 is 11.0 Å². The normalized spacial score (nSPS) is 39.8. The summed E-state index contributed by atoms with van der Waals surface area (Å²) < 4.78 is 4.91. The van der Waals surface area contributed by atoms with Crippen molar-refractivity contribution in [3.05, 3.63) is 0 Å². The quantitative estimate of drug-likeness (QED) is 0.750. The molecule has 1 N–H and O–H groups in total. The molecule has 0 radical (unpaired) electrons. The molecule has 0 saturated carbocycles. The summed E-state index contributed by atoms with van der Waals surface area (Å²) in [6.45, 7) is 6.51. The first-order chi connectivity index (χ1) is 7.98. The minimum absolute atomic E-state index is 0.233. The Morgan fingerprint density at radius 2 is 2.12 bits per heavy atom. The van der Waals surface area contributed by atoms with E-state index in [0.717, 1.165) is 25.9 Å². The van der Waals surface area contributed by atoms with Crippen LogP contribution in [0.5, 0.6) is 0 Å². The van der Waals surface area contributed by atoms with Crippen molar-refractivity contribution in [2.24, 2.45) is 11.3 Å². The highest BCUT2D eigenvalue weighted by atomic mass is 16.5. The van der Waals surface area contributed by atoms with E-state index in [1.54, 1.807) is 0 Å². The van der Waals surface area contributed by atoms with Gasteiger partial charge in [0.25, 0.3) is 0 Å². The van der Waals surface area contributed by atoms with E-state index in [1.807, 2.05) is 13.8 Å². The highest BCUT2D eigenvalue weighted by Gasteiger charge is 2.59. The van der Waals surface area contributed by atoms with Gasteiger partial charge in [0.1, 0.15) is 0 Å². The Bertz CT molecular complexity index is 312. The first-order valence-corrected chi connectivity index (χ1v) is 6.51. The molecule has 4 heteroatoms. The molecule has 98 valence electrons. The molecule has 3 aliphatic heterocycles. The van der Waals surface area contributed by atoms with E-state index in [1.165, 1.54) is 7.11 Å². The number of piperidine rings is 3. The summed E-state index contributed by atoms with van der Waals surface area (Å²) in [6, 6.07) is 0. The van der Waals surface area contributed by atoms with Crippen LogP contribution >= 0.6 is 0 Å². The highest BCUT2D eigenvalue weighted by molar-refractivity contribution is 5.78. The Kier molecular flexibility index (Phi) is 3.21. The topological polar surface area (TPSA) is 49.8 Å². The van der Waals surface area contributed by atoms with Crippen molar-refractivity contribution in [2.75, 3.05) is 26.7 Å². The zero-order valence-electron chi connectivity index (χ0n) is 11.0. The van der Waals surface area contributed by atoms with E-state index in [4.69, 9.17) is 4.74 Å². The van der Waals surface area contributed by atoms with Crippen molar-refractivity contribution in [2.45, 2.75) is 38.7 Å². The van der Waals surface area contributed by atoms with Crippen LogP contribution in [-0.4, -0.2) is 48.3 Å². The van der Waals surface area contributed by atoms with Gasteiger partial charge in [0.15, 0.2) is 0 Å². The number of carbonyl (C=O) groups excluding carboxylic acids is 1. The molecule has 3 saturated heterocycles. The molecule has 0 spiro atoms. The number of fused-ring (bicyclic) bond motifs is 3. The summed E-state index contributed by atoms with van der Waals surface area (Å²) in [7, 11) is 1.40. The molecule has 0 aromatic rings. The number of nitrogens with zero attached hydrogens (tertiary/aromatic N) is 1. The molecule has 3 fully saturated rings. The summed E-state index contributed by atoms with van der Waals surface area (Å²) in [6.07, 6.45) is 2.59. The van der Waals surface area contributed by atoms with Crippen LogP contribution in [0.3, 0.4) is 0 Å². The largest absolute Gasteiger partial charge is 0.469 e. The van der Waals surface area contributed by atoms with Crippen LogP contribution in [0, 0.1) is 11.3 Å². The van der Waals surface area contributed by atoms with E-state index in [2.05, 4.69) is 4.90 Å². The maximum absolute atomic E-state index is 12.0. The smallest absolute Gasteiger partial charge is 0.314 e. The standard InChI is InChI=1S/C13H23NO3/c1-4-12(2,11(15)17-3)13(16)9-14-7-5-10(13)6-8-14/h10,16H,4-9H2,1-3H3. The van der Waals surface area contributed by atoms with Gasteiger partial charge in [-0.15, -0.1) is 0 Å². The van der Waals surface area contributed by atoms with Gasteiger partial charge in [-0.2, -0.15) is 0 Å². The van der Waals surface area contributed by atoms with E-state index in [9.17, 15) is 9.90 Å². The van der Waals surface area contributed by atoms with Gasteiger partial charge in [-0.1, -0.05) is 6.92 Å². The van der Waals surface area contributed by atoms with E-state index in [0.29, 0.717) is 13.0 Å². The van der Waals surface area contributed by atoms with Gasteiger partial charge in [-0.25, -0.2) is 0 Å². The number of esters is 1. The molecular weight excluding hydrogens is 218 g/mol. The SMILES string of the molecule is CCC(C)(C(=O)OC)C1(O)CN2CCC1CC2. The van der Waals surface area contributed by atoms with Gasteiger partial charge in [0.05, 0.1) is 18.1 Å². The predicted octanol–water partition coefficient (Wildman–Crippen LogP) is 1.03. The van der Waals surface area contributed by atoms with Crippen LogP contribution in [0.15, 0.2) is 0 Å². The number of carbonyl (C=O) groups is 1. The van der Waals surface area contributed by atoms with E-state index in [-0.39, 0.29) is 11.9 Å². The van der Waals surface area contributed by atoms with Gasteiger partial charge >= 0.3 is 5.97 Å². The van der Waals surface area contributed by atoms with Crippen molar-refractivity contribution in [3.63, 3.8) is 0 Å². The van der Waals surface area contributed by atoms with Gasteiger partial charge in [-0.05, 0) is 45.2 Å². The molecule has 0 aromatic carbocycles. The molecule has 17 heavy (non-hydrogen) atoms. The Hall–Kier alpha value is -0.610. The minimum atomic E-state index is -0.925. The van der Waals surface area contributed by atoms with Crippen molar-refractivity contribution in [1.29, 1.82) is 0 Å². The predicted molar refractivity (Wildman–Crippen MR) is 64.5 cm³/mol. The van der Waals surface area contributed by atoms with Crippen LogP contribution in [0.2, 0.25) is 0 Å². The third kappa shape index (κ3) is 1.69. The minimum Gasteiger partial charge on any atom is -0.469 e. The maximum atomic E-state index is 12.0. The average molecular weight is 241 g/mol. The average Bonchev–Trinajstić information content (AvgIpc) is 2.37. The molecular formula is C13H23NO3. The molecule has 0 aromatic heterocycles. The van der Waals surface area contributed by atoms with Crippen molar-refractivity contribution in [3.8, 4) is 0 Å². The lowest BCUT2D eigenvalue weighted by Gasteiger charge is -2.56. The van der Waals surface area contributed by atoms with Gasteiger partial charge in [0, 0.05) is 6.54 Å². The fourth-order valence-electron chi connectivity index (χ4n) is 3.52. The first kappa shape index (κ1) is 12.8. The summed E-state index contributed by atoms with van der Waals surface area (Å²) in [5.41, 5.74) is -1.71. The number of rotatable bonds is 3. The van der Waals surface area contributed by atoms with Crippen LogP contribution in [0.1, 0.15) is 33.1 Å². The Labute approximate surface area is 103 Å². The zero-order valence-corrected chi connectivity index (χ0v) is 11.0. The molecule has 0 amide bonds. The molecule has 0 aliphatic carbocycles. The molecule has 4 nitrogen and oxygen atoms in total. The van der Waals surface area contributed by atoms with Gasteiger partial charge < -0.3 is 14.7 Å². The summed E-state index contributed by atoms with van der Waals surface area (Å²) in [5.74, 6) is -0.0483. The lowest BCUT2D eigenvalue weighted by Crippen LogP contribution is -2.67. The summed E-state index contributed by atoms with van der Waals surface area (Å²) >= 11 is 0. The third-order valence-electron chi connectivity index (χ3n) is 5.03. The number of aliphatic hydroxyl groups is 1. The molecule has 3 heterocycles. The summed E-state index contributed by atoms with van der Waals surface area (Å²) in [4.78, 5) is 14.3. The summed E-state index contributed by atoms with van der Waals surface area (Å²) in [5, 5.41) is 11.0. The van der Waals surface area contributed by atoms with Crippen LogP contribution in [-0.2, 0) is 9.53 Å². The van der Waals surface area contributed by atoms with Gasteiger partial charge in [0.2, 0.25) is 0 Å². The lowest BCUT2D eigenvalue weighted by molar-refractivity contribution is -0.204. The zero-order chi connectivity index (χ0) is 12.7. The van der Waals surface area contributed by atoms with E-state index >= 15 is 0 Å². The molecule has 3 aliphatic rings. The number of hydrogen-bond donors (Lipinski definition) is 1. The lowest BCUT2D eigenvalue weighted by atomic mass is 9.60. The molecule has 2 unspecified atom stereocenters. The maximum Gasteiger partial charge on any atom is 0.314 e. The highest BCUT2D eigenvalue weighted by Crippen LogP contribution is 2.48. The van der Waals surface area contributed by atoms with Crippen LogP contribution in [0.4, 0.5) is 0 Å². The number of methoxy groups -OCH3 is 1. The van der Waals surface area contributed by atoms with Crippen LogP contribution < -0.4 is 0 Å². The van der Waals surface area contributed by atoms with Crippen molar-refractivity contribution < 1.29 is 14.6 Å². The Morgan fingerprint density at radius 3 is 2.47 bits per heavy atom. The molecule has 2 atom stereocenters. The Balaban J connectivity index is 2.32. The Morgan fingerprint density at radius 1 is 1.53 bits per heavy atom. The van der Waals surface area contributed by atoms with Gasteiger partial charge in [-0.3, -0.25) is 4.79 Å². The second-order valence-electron chi connectivity index (χ2n) is 5.65. The second-order valence-corrected chi connectivity index (χ2v) is 5.65. The fourth-order valence-corrected chi connectivity index (χ4v) is 3.52. The molecule has 2 bridgehead atoms. The number of hydrogen-bond acceptors (Lipinski definition) is 4. The van der Waals surface area contributed by atoms with Crippen molar-refractivity contribution in [1.82, 2.24) is 4.90 Å². The third-order valence-corrected chi connectivity index (χ3v) is 5.03. The first-order valence-electron chi connectivity index (χ1n) is 6.51. The fraction of sp³-hybridized carbons (Fsp3) is 0.923. The molecule has 3 rings (SSSR count). The van der Waals surface area contributed by atoms with Crippen LogP contribution in [0.25, 0.3) is 0 Å². The van der Waals surface area contributed by atoms with Crippen molar-refractivity contribution >= 4 is 5.97 Å². The monoisotopic (exact) mass is 241 g/mol. The number of ether oxygens (including phenoxy) is 1. The second kappa shape index (κ2) is 4.25.